The Hall–Kier alpha value is -4.72. The van der Waals surface area contributed by atoms with Crippen LogP contribution in [0.4, 0.5) is 90.4 Å². The lowest BCUT2D eigenvalue weighted by molar-refractivity contribution is -0.389. The van der Waals surface area contributed by atoms with Crippen LogP contribution in [0.25, 0.3) is 0 Å². The second kappa shape index (κ2) is 16.5. The number of amides is 2. The highest BCUT2D eigenvalue weighted by Crippen LogP contribution is 2.59. The summed E-state index contributed by atoms with van der Waals surface area (Å²) < 4.78 is 225. The van der Waals surface area contributed by atoms with E-state index in [0.29, 0.717) is 5.56 Å². The largest absolute Gasteiger partial charge is 0.457 e. The van der Waals surface area contributed by atoms with Gasteiger partial charge in [0.2, 0.25) is 0 Å². The lowest BCUT2D eigenvalue weighted by atomic mass is 9.87. The summed E-state index contributed by atoms with van der Waals surface area (Å²) in [6, 6.07) is 11.2. The maximum Gasteiger partial charge on any atom is 0.457 e. The molecule has 6 nitrogen and oxygen atoms in total. The predicted octanol–water partition coefficient (Wildman–Crippen LogP) is 12.2. The third-order valence-electron chi connectivity index (χ3n) is 7.59. The fraction of sp³-hybridized carbons (Fsp3) is 0.312. The Bertz CT molecular complexity index is 2100. The van der Waals surface area contributed by atoms with E-state index in [-0.39, 0.29) is 40.1 Å². The molecule has 58 heavy (non-hydrogen) atoms. The van der Waals surface area contributed by atoms with E-state index in [9.17, 15) is 93.9 Å². The summed E-state index contributed by atoms with van der Waals surface area (Å²) in [6.45, 7) is 0.693. The number of rotatable bonds is 7. The first kappa shape index (κ1) is 49.4. The van der Waals surface area contributed by atoms with E-state index < -0.39 is 86.8 Å². The van der Waals surface area contributed by atoms with Crippen LogP contribution in [0, 0.1) is 29.6 Å². The first-order valence-electron chi connectivity index (χ1n) is 14.5. The first-order chi connectivity index (χ1) is 25.9. The number of carbonyl (C=O) groups is 2. The van der Waals surface area contributed by atoms with Crippen LogP contribution in [0.2, 0.25) is 0 Å². The van der Waals surface area contributed by atoms with Gasteiger partial charge in [0.05, 0.1) is 28.6 Å². The van der Waals surface area contributed by atoms with Gasteiger partial charge in [0.25, 0.3) is 17.5 Å². The molecule has 0 heterocycles. The van der Waals surface area contributed by atoms with Gasteiger partial charge in [0, 0.05) is 25.6 Å². The molecule has 2 N–H and O–H groups in total. The fourth-order valence-electron chi connectivity index (χ4n) is 4.30. The number of carbonyl (C=O) groups excluding carboxylic acids is 2. The Kier molecular flexibility index (Phi) is 14.1. The van der Waals surface area contributed by atoms with E-state index in [1.807, 2.05) is 6.07 Å². The van der Waals surface area contributed by atoms with Crippen LogP contribution in [0.3, 0.4) is 0 Å². The molecule has 0 aromatic heterocycles. The van der Waals surface area contributed by atoms with Crippen molar-refractivity contribution in [3.8, 4) is 12.1 Å². The summed E-state index contributed by atoms with van der Waals surface area (Å²) in [4.78, 5) is 25.8. The summed E-state index contributed by atoms with van der Waals surface area (Å²) in [6.07, 6.45) is -26.5. The molecule has 3 aromatic carbocycles. The number of anilines is 2. The molecule has 2 amide bonds. The number of hydrogen-bond acceptors (Lipinski definition) is 4. The minimum absolute atomic E-state index is 0.0118. The highest BCUT2D eigenvalue weighted by atomic mass is 79.9. The molecule has 0 saturated heterocycles. The number of alkyl halides is 18. The summed E-state index contributed by atoms with van der Waals surface area (Å²) in [5, 5.41) is 23.1. The second-order valence-electron chi connectivity index (χ2n) is 11.5. The van der Waals surface area contributed by atoms with Crippen molar-refractivity contribution in [3.05, 3.63) is 90.9 Å². The minimum atomic E-state index is -6.93. The van der Waals surface area contributed by atoms with Gasteiger partial charge in [-0.3, -0.25) is 9.59 Å². The molecular formula is C32H16Br2F18N4O2. The molecule has 0 fully saturated rings. The van der Waals surface area contributed by atoms with Crippen LogP contribution in [0.15, 0.2) is 57.5 Å². The third-order valence-corrected chi connectivity index (χ3v) is 8.84. The zero-order valence-corrected chi connectivity index (χ0v) is 31.1. The van der Waals surface area contributed by atoms with Crippen LogP contribution in [0.1, 0.15) is 49.9 Å². The van der Waals surface area contributed by atoms with E-state index in [2.05, 4.69) is 42.5 Å². The van der Waals surface area contributed by atoms with Crippen molar-refractivity contribution in [3.63, 3.8) is 0 Å². The number of nitriles is 2. The van der Waals surface area contributed by atoms with Gasteiger partial charge < -0.3 is 10.6 Å². The Morgan fingerprint density at radius 3 is 1.48 bits per heavy atom. The minimum Gasteiger partial charge on any atom is -0.321 e. The van der Waals surface area contributed by atoms with Gasteiger partial charge in [0.1, 0.15) is 6.07 Å². The van der Waals surface area contributed by atoms with Crippen molar-refractivity contribution < 1.29 is 88.6 Å². The molecule has 0 aliphatic carbocycles. The molecule has 2 unspecified atom stereocenters. The molecule has 0 bridgehead atoms. The Balaban J connectivity index is 0.000000704. The van der Waals surface area contributed by atoms with Crippen LogP contribution in [0.5, 0.6) is 0 Å². The molecular weight excluding hydrogens is 974 g/mol. The Morgan fingerprint density at radius 2 is 1.10 bits per heavy atom. The second-order valence-corrected chi connectivity index (χ2v) is 13.2. The SMILES string of the molecule is CC(F)(C(F)(F)F)C(F)(F)C(F)(F)F.Cc1cc(C#N)ccc1C(=O)Nc1cc(C(=O)Nc2c(Br)cc(C(F)(C(F)(F)F)C(F)(F)C(F)(F)F)cc2Br)ccc1C#N. The molecule has 0 aliphatic rings. The van der Waals surface area contributed by atoms with E-state index in [1.165, 1.54) is 18.2 Å². The van der Waals surface area contributed by atoms with E-state index >= 15 is 0 Å². The summed E-state index contributed by atoms with van der Waals surface area (Å²) >= 11 is 5.33. The summed E-state index contributed by atoms with van der Waals surface area (Å²) in [5.74, 6) is -15.1. The predicted molar refractivity (Wildman–Crippen MR) is 171 cm³/mol. The number of halogens is 20. The molecule has 2 atom stereocenters. The summed E-state index contributed by atoms with van der Waals surface area (Å²) in [5.41, 5.74) is -14.1. The number of aryl methyl sites for hydroxylation is 1. The smallest absolute Gasteiger partial charge is 0.321 e. The maximum absolute atomic E-state index is 14.9. The first-order valence-corrected chi connectivity index (χ1v) is 16.1. The lowest BCUT2D eigenvalue weighted by Crippen LogP contribution is -2.60. The zero-order chi connectivity index (χ0) is 45.4. The van der Waals surface area contributed by atoms with Crippen LogP contribution < -0.4 is 10.6 Å². The van der Waals surface area contributed by atoms with Gasteiger partial charge >= 0.3 is 42.2 Å². The Morgan fingerprint density at radius 1 is 0.603 bits per heavy atom. The van der Waals surface area contributed by atoms with Gasteiger partial charge in [-0.25, -0.2) is 8.78 Å². The van der Waals surface area contributed by atoms with Crippen LogP contribution in [-0.2, 0) is 5.67 Å². The van der Waals surface area contributed by atoms with E-state index in [4.69, 9.17) is 5.26 Å². The maximum atomic E-state index is 14.9. The molecule has 0 saturated carbocycles. The van der Waals surface area contributed by atoms with Crippen molar-refractivity contribution in [2.45, 2.75) is 61.7 Å². The van der Waals surface area contributed by atoms with Gasteiger partial charge in [0.15, 0.2) is 0 Å². The molecule has 0 spiro atoms. The fourth-order valence-corrected chi connectivity index (χ4v) is 5.69. The van der Waals surface area contributed by atoms with Crippen molar-refractivity contribution in [1.82, 2.24) is 0 Å². The van der Waals surface area contributed by atoms with Gasteiger partial charge in [-0.15, -0.1) is 0 Å². The monoisotopic (exact) mass is 988 g/mol. The molecule has 316 valence electrons. The average Bonchev–Trinajstić information content (AvgIpc) is 3.07. The molecule has 0 aliphatic heterocycles. The molecule has 26 heteroatoms. The third kappa shape index (κ3) is 9.43. The topological polar surface area (TPSA) is 106 Å². The van der Waals surface area contributed by atoms with Crippen molar-refractivity contribution in [2.24, 2.45) is 0 Å². The number of hydrogen-bond donors (Lipinski definition) is 2. The standard InChI is InChI=1S/C27H13Br2F9N4O2.C5H3F9/c1-12-6-13(10-39)2-5-17(12)23(44)41-20-7-14(3-4-15(20)11-40)22(43)42-21-18(28)8-16(9-19(21)29)24(30,26(33,34)35)25(31,32)27(36,37)38;1-2(6,4(9,10)11)3(7,8)5(12,13)14/h2-9H,1H3,(H,41,44)(H,42,43);1H3. The quantitative estimate of drug-likeness (QED) is 0.230. The van der Waals surface area contributed by atoms with E-state index in [1.54, 1.807) is 13.0 Å². The Labute approximate surface area is 329 Å². The highest BCUT2D eigenvalue weighted by molar-refractivity contribution is 9.11. The van der Waals surface area contributed by atoms with Crippen molar-refractivity contribution >= 4 is 55.0 Å². The van der Waals surface area contributed by atoms with Crippen LogP contribution in [-0.4, -0.2) is 54.0 Å². The van der Waals surface area contributed by atoms with Crippen molar-refractivity contribution in [2.75, 3.05) is 10.6 Å². The number of benzene rings is 3. The van der Waals surface area contributed by atoms with E-state index in [0.717, 1.165) is 18.2 Å². The van der Waals surface area contributed by atoms with Gasteiger partial charge in [-0.05, 0) is 99.8 Å². The normalized spacial score (nSPS) is 14.8. The van der Waals surface area contributed by atoms with Gasteiger partial charge in [-0.1, -0.05) is 0 Å². The summed E-state index contributed by atoms with van der Waals surface area (Å²) in [7, 11) is 0. The van der Waals surface area contributed by atoms with Crippen LogP contribution >= 0.6 is 31.9 Å². The molecule has 3 aromatic rings. The lowest BCUT2D eigenvalue weighted by Gasteiger charge is -2.36. The average molecular weight is 990 g/mol. The van der Waals surface area contributed by atoms with Gasteiger partial charge in [-0.2, -0.15) is 80.8 Å². The number of nitrogens with zero attached hydrogens (tertiary/aromatic N) is 2. The zero-order valence-electron chi connectivity index (χ0n) is 27.9. The number of nitrogens with one attached hydrogen (secondary N) is 2. The van der Waals surface area contributed by atoms with Crippen molar-refractivity contribution in [1.29, 1.82) is 10.5 Å². The highest BCUT2D eigenvalue weighted by Gasteiger charge is 2.82. The molecule has 3 rings (SSSR count). The molecule has 0 radical (unpaired) electrons.